The molecule has 1 unspecified atom stereocenters. The summed E-state index contributed by atoms with van der Waals surface area (Å²) in [5.74, 6) is -0.984. The predicted octanol–water partition coefficient (Wildman–Crippen LogP) is 5.26. The molecule has 0 spiro atoms. The summed E-state index contributed by atoms with van der Waals surface area (Å²) in [5, 5.41) is 21.3. The number of phenols is 1. The predicted molar refractivity (Wildman–Crippen MR) is 131 cm³/mol. The molecule has 6 heteroatoms. The van der Waals surface area contributed by atoms with Crippen LogP contribution in [0.2, 0.25) is 0 Å². The van der Waals surface area contributed by atoms with Gasteiger partial charge in [0.25, 0.3) is 11.7 Å². The van der Waals surface area contributed by atoms with Crippen molar-refractivity contribution >= 4 is 23.1 Å². The van der Waals surface area contributed by atoms with E-state index in [4.69, 9.17) is 4.74 Å². The van der Waals surface area contributed by atoms with Crippen LogP contribution in [0.15, 0.2) is 60.2 Å². The Balaban J connectivity index is 2.00. The maximum atomic E-state index is 13.4. The summed E-state index contributed by atoms with van der Waals surface area (Å²) in [7, 11) is 1.57. The third-order valence-corrected chi connectivity index (χ3v) is 6.27. The standard InChI is InChI=1S/C28H27NO5/c1-15-6-7-16(2)22(12-15)29-25(19-8-10-20(30)11-9-19)24(27(32)28(29)33)26(31)21-13-18(4)23(34-5)14-17(21)3/h6-14,25,30-31H,1-5H3/b26-24+. The number of ketones is 1. The number of carbonyl (C=O) groups excluding carboxylic acids is 2. The van der Waals surface area contributed by atoms with Crippen LogP contribution in [-0.2, 0) is 9.59 Å². The van der Waals surface area contributed by atoms with E-state index in [1.807, 2.05) is 45.9 Å². The monoisotopic (exact) mass is 457 g/mol. The molecule has 1 atom stereocenters. The number of aryl methyl sites for hydroxylation is 4. The highest BCUT2D eigenvalue weighted by atomic mass is 16.5. The van der Waals surface area contributed by atoms with Crippen molar-refractivity contribution in [2.45, 2.75) is 33.7 Å². The molecule has 2 N–H and O–H groups in total. The number of hydrogen-bond acceptors (Lipinski definition) is 5. The van der Waals surface area contributed by atoms with E-state index in [1.54, 1.807) is 31.4 Å². The number of rotatable bonds is 4. The number of carbonyl (C=O) groups is 2. The first-order valence-electron chi connectivity index (χ1n) is 11.0. The summed E-state index contributed by atoms with van der Waals surface area (Å²) < 4.78 is 5.37. The molecular formula is C28H27NO5. The van der Waals surface area contributed by atoms with E-state index in [1.165, 1.54) is 17.0 Å². The Labute approximate surface area is 198 Å². The zero-order chi connectivity index (χ0) is 24.7. The van der Waals surface area contributed by atoms with E-state index < -0.39 is 17.7 Å². The van der Waals surface area contributed by atoms with Gasteiger partial charge in [-0.3, -0.25) is 14.5 Å². The number of phenolic OH excluding ortho intramolecular Hbond substituents is 1. The van der Waals surface area contributed by atoms with E-state index >= 15 is 0 Å². The fraction of sp³-hybridized carbons (Fsp3) is 0.214. The molecule has 0 radical (unpaired) electrons. The third-order valence-electron chi connectivity index (χ3n) is 6.27. The molecule has 1 aliphatic heterocycles. The highest BCUT2D eigenvalue weighted by Crippen LogP contribution is 2.44. The molecule has 0 bridgehead atoms. The smallest absolute Gasteiger partial charge is 0.300 e. The number of anilines is 1. The lowest BCUT2D eigenvalue weighted by atomic mass is 9.92. The number of aliphatic hydroxyl groups is 1. The molecular weight excluding hydrogens is 430 g/mol. The minimum Gasteiger partial charge on any atom is -0.508 e. The van der Waals surface area contributed by atoms with Gasteiger partial charge in [-0.1, -0.05) is 24.3 Å². The maximum Gasteiger partial charge on any atom is 0.300 e. The lowest BCUT2D eigenvalue weighted by Crippen LogP contribution is -2.30. The van der Waals surface area contributed by atoms with Crippen LogP contribution in [0, 0.1) is 27.7 Å². The molecule has 1 saturated heterocycles. The Morgan fingerprint density at radius 1 is 0.882 bits per heavy atom. The van der Waals surface area contributed by atoms with Crippen LogP contribution in [0.3, 0.4) is 0 Å². The van der Waals surface area contributed by atoms with E-state index in [9.17, 15) is 19.8 Å². The third kappa shape index (κ3) is 3.81. The van der Waals surface area contributed by atoms with Crippen molar-refractivity contribution in [1.29, 1.82) is 0 Å². The Morgan fingerprint density at radius 2 is 1.56 bits per heavy atom. The van der Waals surface area contributed by atoms with Crippen LogP contribution in [0.1, 0.15) is 39.4 Å². The number of ether oxygens (including phenoxy) is 1. The van der Waals surface area contributed by atoms with Gasteiger partial charge in [-0.15, -0.1) is 0 Å². The summed E-state index contributed by atoms with van der Waals surface area (Å²) >= 11 is 0. The molecule has 0 aliphatic carbocycles. The number of Topliss-reactive ketones (excluding diaryl/α,β-unsaturated/α-hetero) is 1. The molecule has 1 heterocycles. The average molecular weight is 458 g/mol. The SMILES string of the molecule is COc1cc(C)c(/C(O)=C2\C(=O)C(=O)N(c3cc(C)ccc3C)C2c2ccc(O)cc2)cc1C. The first kappa shape index (κ1) is 23.1. The van der Waals surface area contributed by atoms with Crippen molar-refractivity contribution in [3.63, 3.8) is 0 Å². The van der Waals surface area contributed by atoms with Gasteiger partial charge < -0.3 is 14.9 Å². The van der Waals surface area contributed by atoms with Crippen molar-refractivity contribution in [2.75, 3.05) is 12.0 Å². The maximum absolute atomic E-state index is 13.4. The van der Waals surface area contributed by atoms with Gasteiger partial charge in [0.2, 0.25) is 0 Å². The normalized spacial score (nSPS) is 17.3. The fourth-order valence-electron chi connectivity index (χ4n) is 4.44. The Morgan fingerprint density at radius 3 is 2.21 bits per heavy atom. The molecule has 0 saturated carbocycles. The number of hydrogen-bond donors (Lipinski definition) is 2. The number of benzene rings is 3. The number of nitrogens with zero attached hydrogens (tertiary/aromatic N) is 1. The number of methoxy groups -OCH3 is 1. The molecule has 0 aromatic heterocycles. The van der Waals surface area contributed by atoms with Crippen molar-refractivity contribution in [3.8, 4) is 11.5 Å². The Hall–Kier alpha value is -4.06. The van der Waals surface area contributed by atoms with Crippen molar-refractivity contribution in [3.05, 3.63) is 93.6 Å². The number of aromatic hydroxyl groups is 1. The molecule has 6 nitrogen and oxygen atoms in total. The van der Waals surface area contributed by atoms with Gasteiger partial charge in [-0.25, -0.2) is 0 Å². The summed E-state index contributed by atoms with van der Waals surface area (Å²) in [6.45, 7) is 7.45. The van der Waals surface area contributed by atoms with Crippen LogP contribution in [0.25, 0.3) is 5.76 Å². The van der Waals surface area contributed by atoms with Crippen LogP contribution in [0.4, 0.5) is 5.69 Å². The van der Waals surface area contributed by atoms with Crippen LogP contribution < -0.4 is 9.64 Å². The van der Waals surface area contributed by atoms with Crippen LogP contribution in [0.5, 0.6) is 11.5 Å². The van der Waals surface area contributed by atoms with Gasteiger partial charge in [0.1, 0.15) is 17.3 Å². The zero-order valence-electron chi connectivity index (χ0n) is 19.8. The average Bonchev–Trinajstić information content (AvgIpc) is 3.07. The van der Waals surface area contributed by atoms with Crippen LogP contribution in [-0.4, -0.2) is 29.0 Å². The second kappa shape index (κ2) is 8.71. The second-order valence-electron chi connectivity index (χ2n) is 8.69. The van der Waals surface area contributed by atoms with Gasteiger partial charge in [-0.05, 0) is 85.8 Å². The molecule has 1 fully saturated rings. The molecule has 3 aromatic carbocycles. The molecule has 3 aromatic rings. The largest absolute Gasteiger partial charge is 0.508 e. The van der Waals surface area contributed by atoms with Gasteiger partial charge >= 0.3 is 0 Å². The minimum atomic E-state index is -0.858. The lowest BCUT2D eigenvalue weighted by Gasteiger charge is -2.27. The molecule has 1 aliphatic rings. The molecule has 1 amide bonds. The number of aliphatic hydroxyl groups excluding tert-OH is 1. The van der Waals surface area contributed by atoms with Gasteiger partial charge in [0.05, 0.1) is 18.7 Å². The Bertz CT molecular complexity index is 1340. The quantitative estimate of drug-likeness (QED) is 0.317. The lowest BCUT2D eigenvalue weighted by molar-refractivity contribution is -0.132. The fourth-order valence-corrected chi connectivity index (χ4v) is 4.44. The highest BCUT2D eigenvalue weighted by molar-refractivity contribution is 6.51. The summed E-state index contributed by atoms with van der Waals surface area (Å²) in [6.07, 6.45) is 0. The van der Waals surface area contributed by atoms with Gasteiger partial charge in [0.15, 0.2) is 0 Å². The topological polar surface area (TPSA) is 87.1 Å². The van der Waals surface area contributed by atoms with E-state index in [-0.39, 0.29) is 17.1 Å². The van der Waals surface area contributed by atoms with Crippen LogP contribution >= 0.6 is 0 Å². The molecule has 34 heavy (non-hydrogen) atoms. The first-order valence-corrected chi connectivity index (χ1v) is 11.0. The van der Waals surface area contributed by atoms with Crippen molar-refractivity contribution < 1.29 is 24.5 Å². The molecule has 4 rings (SSSR count). The summed E-state index contributed by atoms with van der Waals surface area (Å²) in [4.78, 5) is 28.2. The van der Waals surface area contributed by atoms with Crippen molar-refractivity contribution in [1.82, 2.24) is 0 Å². The Kier molecular flexibility index (Phi) is 5.92. The van der Waals surface area contributed by atoms with E-state index in [2.05, 4.69) is 0 Å². The first-order chi connectivity index (χ1) is 16.1. The highest BCUT2D eigenvalue weighted by Gasteiger charge is 2.47. The van der Waals surface area contributed by atoms with Crippen molar-refractivity contribution in [2.24, 2.45) is 0 Å². The number of amides is 1. The van der Waals surface area contributed by atoms with E-state index in [0.717, 1.165) is 16.7 Å². The van der Waals surface area contributed by atoms with Gasteiger partial charge in [0, 0.05) is 11.3 Å². The van der Waals surface area contributed by atoms with E-state index in [0.29, 0.717) is 28.1 Å². The molecule has 174 valence electrons. The minimum absolute atomic E-state index is 0.00395. The zero-order valence-corrected chi connectivity index (χ0v) is 19.8. The van der Waals surface area contributed by atoms with Gasteiger partial charge in [-0.2, -0.15) is 0 Å². The summed E-state index contributed by atoms with van der Waals surface area (Å²) in [5.41, 5.74) is 4.93. The summed E-state index contributed by atoms with van der Waals surface area (Å²) in [6, 6.07) is 14.7. The second-order valence-corrected chi connectivity index (χ2v) is 8.69.